The zero-order valence-corrected chi connectivity index (χ0v) is 21.4. The van der Waals surface area contributed by atoms with Crippen molar-refractivity contribution >= 4 is 22.5 Å². The molecule has 1 N–H and O–H groups in total. The van der Waals surface area contributed by atoms with Gasteiger partial charge in [0.2, 0.25) is 6.79 Å². The van der Waals surface area contributed by atoms with Crippen LogP contribution < -0.4 is 14.8 Å². The summed E-state index contributed by atoms with van der Waals surface area (Å²) in [5.41, 5.74) is 6.35. The number of piperazine rings is 1. The van der Waals surface area contributed by atoms with E-state index in [0.717, 1.165) is 88.0 Å². The third-order valence-electron chi connectivity index (χ3n) is 7.32. The molecule has 0 bridgehead atoms. The smallest absolute Gasteiger partial charge is 0.231 e. The molecule has 0 amide bonds. The van der Waals surface area contributed by atoms with Crippen molar-refractivity contribution in [2.45, 2.75) is 32.9 Å². The molecule has 0 spiro atoms. The fraction of sp³-hybridized carbons (Fsp3) is 0.357. The Kier molecular flexibility index (Phi) is 6.29. The predicted octanol–water partition coefficient (Wildman–Crippen LogP) is 5.19. The van der Waals surface area contributed by atoms with E-state index in [4.69, 9.17) is 26.2 Å². The van der Waals surface area contributed by atoms with E-state index >= 15 is 0 Å². The summed E-state index contributed by atoms with van der Waals surface area (Å²) >= 11 is 6.62. The van der Waals surface area contributed by atoms with Gasteiger partial charge in [-0.05, 0) is 48.2 Å². The molecule has 2 aliphatic rings. The molecule has 1 atom stereocenters. The summed E-state index contributed by atoms with van der Waals surface area (Å²) in [4.78, 5) is 6.73. The second-order valence-corrected chi connectivity index (χ2v) is 9.81. The van der Waals surface area contributed by atoms with E-state index in [0.29, 0.717) is 6.54 Å². The second kappa shape index (κ2) is 9.73. The van der Waals surface area contributed by atoms with Gasteiger partial charge in [0.15, 0.2) is 11.5 Å². The number of aromatic nitrogens is 3. The van der Waals surface area contributed by atoms with Gasteiger partial charge in [0.1, 0.15) is 0 Å². The molecule has 0 radical (unpaired) electrons. The number of nitrogens with one attached hydrogen (secondary N) is 1. The SMILES string of the molecule is CCC(c1nn(Cc2ccncc2)c2cc3c(c(-c4cccc(Cl)c4C)c12)OCO3)N1CCNCC1. The Morgan fingerprint density at radius 2 is 1.92 bits per heavy atom. The molecule has 1 saturated heterocycles. The molecule has 8 heteroatoms. The summed E-state index contributed by atoms with van der Waals surface area (Å²) in [7, 11) is 0. The minimum absolute atomic E-state index is 0.187. The maximum absolute atomic E-state index is 6.62. The van der Waals surface area contributed by atoms with Gasteiger partial charge in [-0.15, -0.1) is 0 Å². The fourth-order valence-electron chi connectivity index (χ4n) is 5.49. The average Bonchev–Trinajstić information content (AvgIpc) is 3.52. The Hall–Kier alpha value is -3.13. The van der Waals surface area contributed by atoms with Gasteiger partial charge in [0, 0.05) is 60.6 Å². The van der Waals surface area contributed by atoms with Crippen molar-refractivity contribution in [1.29, 1.82) is 0 Å². The molecular weight excluding hydrogens is 474 g/mol. The molecule has 4 aromatic rings. The van der Waals surface area contributed by atoms with E-state index in [1.807, 2.05) is 36.7 Å². The van der Waals surface area contributed by atoms with Gasteiger partial charge in [-0.25, -0.2) is 0 Å². The highest BCUT2D eigenvalue weighted by Gasteiger charge is 2.32. The first-order valence-electron chi connectivity index (χ1n) is 12.6. The van der Waals surface area contributed by atoms with Gasteiger partial charge in [-0.2, -0.15) is 5.10 Å². The minimum Gasteiger partial charge on any atom is -0.453 e. The lowest BCUT2D eigenvalue weighted by molar-refractivity contribution is 0.166. The van der Waals surface area contributed by atoms with Gasteiger partial charge >= 0.3 is 0 Å². The molecule has 1 fully saturated rings. The van der Waals surface area contributed by atoms with Gasteiger partial charge in [0.05, 0.1) is 23.8 Å². The van der Waals surface area contributed by atoms with E-state index < -0.39 is 0 Å². The molecule has 4 heterocycles. The number of benzene rings is 2. The predicted molar refractivity (Wildman–Crippen MR) is 142 cm³/mol. The van der Waals surface area contributed by atoms with Crippen LogP contribution in [-0.4, -0.2) is 52.6 Å². The lowest BCUT2D eigenvalue weighted by atomic mass is 9.92. The quantitative estimate of drug-likeness (QED) is 0.390. The van der Waals surface area contributed by atoms with Crippen LogP contribution in [0.15, 0.2) is 48.8 Å². The number of halogens is 1. The monoisotopic (exact) mass is 503 g/mol. The molecule has 0 saturated carbocycles. The summed E-state index contributed by atoms with van der Waals surface area (Å²) < 4.78 is 14.1. The van der Waals surface area contributed by atoms with Crippen LogP contribution in [0.1, 0.15) is 36.2 Å². The molecular formula is C28H30ClN5O2. The normalized spacial score (nSPS) is 16.5. The summed E-state index contributed by atoms with van der Waals surface area (Å²) in [6.45, 7) is 9.12. The largest absolute Gasteiger partial charge is 0.453 e. The van der Waals surface area contributed by atoms with Gasteiger partial charge in [0.25, 0.3) is 0 Å². The molecule has 2 aromatic carbocycles. The third kappa shape index (κ3) is 4.01. The zero-order valence-electron chi connectivity index (χ0n) is 20.6. The fourth-order valence-corrected chi connectivity index (χ4v) is 5.67. The maximum atomic E-state index is 6.62. The Morgan fingerprint density at radius 1 is 1.11 bits per heavy atom. The molecule has 7 nitrogen and oxygen atoms in total. The van der Waals surface area contributed by atoms with Crippen molar-refractivity contribution in [3.63, 3.8) is 0 Å². The molecule has 36 heavy (non-hydrogen) atoms. The first-order chi connectivity index (χ1) is 17.7. The Balaban J connectivity index is 1.64. The van der Waals surface area contributed by atoms with Gasteiger partial charge < -0.3 is 14.8 Å². The average molecular weight is 504 g/mol. The van der Waals surface area contributed by atoms with Crippen molar-refractivity contribution in [1.82, 2.24) is 25.0 Å². The van der Waals surface area contributed by atoms with Gasteiger partial charge in [-0.1, -0.05) is 30.7 Å². The number of fused-ring (bicyclic) bond motifs is 2. The highest BCUT2D eigenvalue weighted by molar-refractivity contribution is 6.31. The van der Waals surface area contributed by atoms with Crippen LogP contribution in [-0.2, 0) is 6.54 Å². The highest BCUT2D eigenvalue weighted by Crippen LogP contribution is 2.50. The third-order valence-corrected chi connectivity index (χ3v) is 7.73. The topological polar surface area (TPSA) is 64.4 Å². The Morgan fingerprint density at radius 3 is 2.69 bits per heavy atom. The summed E-state index contributed by atoms with van der Waals surface area (Å²) in [5, 5.41) is 10.6. The number of pyridine rings is 1. The number of hydrogen-bond acceptors (Lipinski definition) is 6. The highest BCUT2D eigenvalue weighted by atomic mass is 35.5. The van der Waals surface area contributed by atoms with Crippen LogP contribution in [0.3, 0.4) is 0 Å². The van der Waals surface area contributed by atoms with Crippen LogP contribution in [0.4, 0.5) is 0 Å². The maximum Gasteiger partial charge on any atom is 0.231 e. The second-order valence-electron chi connectivity index (χ2n) is 9.40. The lowest BCUT2D eigenvalue weighted by Gasteiger charge is -2.33. The van der Waals surface area contributed by atoms with Crippen LogP contribution in [0, 0.1) is 6.92 Å². The summed E-state index contributed by atoms with van der Waals surface area (Å²) in [6, 6.07) is 12.4. The van der Waals surface area contributed by atoms with Crippen molar-refractivity contribution < 1.29 is 9.47 Å². The van der Waals surface area contributed by atoms with Crippen molar-refractivity contribution in [3.8, 4) is 22.6 Å². The number of ether oxygens (including phenoxy) is 2. The van der Waals surface area contributed by atoms with E-state index in [1.54, 1.807) is 0 Å². The van der Waals surface area contributed by atoms with E-state index in [-0.39, 0.29) is 12.8 Å². The van der Waals surface area contributed by atoms with Crippen molar-refractivity contribution in [2.75, 3.05) is 33.0 Å². The van der Waals surface area contributed by atoms with Crippen molar-refractivity contribution in [2.24, 2.45) is 0 Å². The zero-order chi connectivity index (χ0) is 24.6. The van der Waals surface area contributed by atoms with Crippen LogP contribution >= 0.6 is 11.6 Å². The molecule has 6 rings (SSSR count). The number of hydrogen-bond donors (Lipinski definition) is 1. The van der Waals surface area contributed by atoms with E-state index in [9.17, 15) is 0 Å². The van der Waals surface area contributed by atoms with Crippen LogP contribution in [0.5, 0.6) is 11.5 Å². The standard InChI is InChI=1S/C28H30ClN5O2/c1-3-22(33-13-11-31-12-14-33)27-26-23(34(32-27)16-19-7-9-30-10-8-19)15-24-28(36-17-35-24)25(26)20-5-4-6-21(29)18(20)2/h4-10,15,22,31H,3,11-14,16-17H2,1-2H3. The molecule has 186 valence electrons. The molecule has 2 aliphatic heterocycles. The van der Waals surface area contributed by atoms with E-state index in [2.05, 4.69) is 45.9 Å². The Bertz CT molecular complexity index is 1400. The van der Waals surface area contributed by atoms with Gasteiger partial charge in [-0.3, -0.25) is 14.6 Å². The molecule has 0 aliphatic carbocycles. The van der Waals surface area contributed by atoms with E-state index in [1.165, 1.54) is 0 Å². The summed E-state index contributed by atoms with van der Waals surface area (Å²) in [6.07, 6.45) is 4.61. The number of nitrogens with zero attached hydrogens (tertiary/aromatic N) is 4. The van der Waals surface area contributed by atoms with Crippen LogP contribution in [0.2, 0.25) is 5.02 Å². The first kappa shape index (κ1) is 23.3. The van der Waals surface area contributed by atoms with Crippen molar-refractivity contribution in [3.05, 3.63) is 70.6 Å². The lowest BCUT2D eigenvalue weighted by Crippen LogP contribution is -2.45. The van der Waals surface area contributed by atoms with Crippen LogP contribution in [0.25, 0.3) is 22.0 Å². The number of rotatable bonds is 6. The summed E-state index contributed by atoms with van der Waals surface area (Å²) in [5.74, 6) is 1.52. The Labute approximate surface area is 216 Å². The molecule has 2 aromatic heterocycles. The molecule has 1 unspecified atom stereocenters. The first-order valence-corrected chi connectivity index (χ1v) is 13.0. The minimum atomic E-state index is 0.187.